The van der Waals surface area contributed by atoms with E-state index in [0.29, 0.717) is 19.6 Å². The van der Waals surface area contributed by atoms with Crippen molar-refractivity contribution in [1.82, 2.24) is 0 Å². The van der Waals surface area contributed by atoms with Gasteiger partial charge in [0, 0.05) is 18.1 Å². The fourth-order valence-corrected chi connectivity index (χ4v) is 3.05. The fourth-order valence-electron chi connectivity index (χ4n) is 3.05. The minimum atomic E-state index is 0. The van der Waals surface area contributed by atoms with Gasteiger partial charge in [0.25, 0.3) is 0 Å². The number of rotatable bonds is 12. The molecule has 7 heteroatoms. The van der Waals surface area contributed by atoms with Gasteiger partial charge in [0.15, 0.2) is 0 Å². The van der Waals surface area contributed by atoms with Crippen molar-refractivity contribution in [2.24, 2.45) is 34.4 Å². The Labute approximate surface area is 158 Å². The molecule has 0 fully saturated rings. The molecule has 1 rings (SSSR count). The summed E-state index contributed by atoms with van der Waals surface area (Å²) < 4.78 is 0. The number of hydrogen-bond acceptors (Lipinski definition) is 6. The first-order chi connectivity index (χ1) is 11.5. The Balaban J connectivity index is 0.00000576. The predicted molar refractivity (Wildman–Crippen MR) is 110 cm³/mol. The molecule has 25 heavy (non-hydrogen) atoms. The first-order valence-corrected chi connectivity index (χ1v) is 8.97. The van der Waals surface area contributed by atoms with E-state index in [1.807, 2.05) is 0 Å². The van der Waals surface area contributed by atoms with Crippen molar-refractivity contribution in [1.29, 1.82) is 0 Å². The van der Waals surface area contributed by atoms with Gasteiger partial charge >= 0.3 is 0 Å². The quantitative estimate of drug-likeness (QED) is 0.297. The van der Waals surface area contributed by atoms with E-state index in [1.54, 1.807) is 0 Å². The Morgan fingerprint density at radius 3 is 1.00 bits per heavy atom. The lowest BCUT2D eigenvalue weighted by Gasteiger charge is -2.17. The van der Waals surface area contributed by atoms with Gasteiger partial charge in [0.1, 0.15) is 0 Å². The standard InChI is InChI=1S/C18H36N6.ClH/c19-4-1-16(22)10-13-7-14(11-17(23)2-5-20)9-15(8-13)12-18(24)3-6-21;/h7-9,16-18H,1-6,10-12,19-24H2;1H. The van der Waals surface area contributed by atoms with E-state index in [-0.39, 0.29) is 30.5 Å². The zero-order chi connectivity index (χ0) is 17.9. The summed E-state index contributed by atoms with van der Waals surface area (Å²) in [5.41, 5.74) is 38.9. The normalized spacial score (nSPS) is 14.6. The van der Waals surface area contributed by atoms with Crippen molar-refractivity contribution in [2.75, 3.05) is 19.6 Å². The maximum Gasteiger partial charge on any atom is 0.00913 e. The van der Waals surface area contributed by atoms with Gasteiger partial charge in [0.2, 0.25) is 0 Å². The second kappa shape index (κ2) is 13.5. The van der Waals surface area contributed by atoms with Gasteiger partial charge in [-0.2, -0.15) is 0 Å². The van der Waals surface area contributed by atoms with Crippen LogP contribution in [0.3, 0.4) is 0 Å². The van der Waals surface area contributed by atoms with Crippen LogP contribution in [0.1, 0.15) is 36.0 Å². The molecule has 1 aromatic rings. The molecule has 146 valence electrons. The van der Waals surface area contributed by atoms with Crippen LogP contribution in [0.2, 0.25) is 0 Å². The molecule has 0 saturated heterocycles. The zero-order valence-corrected chi connectivity index (χ0v) is 16.0. The van der Waals surface area contributed by atoms with Crippen LogP contribution in [-0.4, -0.2) is 37.8 Å². The van der Waals surface area contributed by atoms with Crippen molar-refractivity contribution >= 4 is 12.4 Å². The van der Waals surface area contributed by atoms with Crippen LogP contribution < -0.4 is 34.4 Å². The molecular weight excluding hydrogens is 336 g/mol. The van der Waals surface area contributed by atoms with E-state index in [0.717, 1.165) is 38.5 Å². The average molecular weight is 373 g/mol. The molecule has 0 aliphatic rings. The first kappa shape index (κ1) is 24.3. The van der Waals surface area contributed by atoms with Gasteiger partial charge in [-0.05, 0) is 74.8 Å². The third-order valence-corrected chi connectivity index (χ3v) is 4.22. The van der Waals surface area contributed by atoms with Gasteiger partial charge in [-0.25, -0.2) is 0 Å². The van der Waals surface area contributed by atoms with E-state index in [2.05, 4.69) is 18.2 Å². The van der Waals surface area contributed by atoms with Gasteiger partial charge in [-0.3, -0.25) is 0 Å². The van der Waals surface area contributed by atoms with E-state index in [1.165, 1.54) is 16.7 Å². The fraction of sp³-hybridized carbons (Fsp3) is 0.667. The van der Waals surface area contributed by atoms with Crippen LogP contribution in [-0.2, 0) is 19.3 Å². The van der Waals surface area contributed by atoms with Crippen molar-refractivity contribution in [3.05, 3.63) is 34.9 Å². The molecule has 1 aromatic carbocycles. The van der Waals surface area contributed by atoms with Crippen molar-refractivity contribution in [3.63, 3.8) is 0 Å². The van der Waals surface area contributed by atoms with Crippen molar-refractivity contribution < 1.29 is 0 Å². The van der Waals surface area contributed by atoms with Crippen LogP contribution >= 0.6 is 12.4 Å². The maximum atomic E-state index is 6.15. The summed E-state index contributed by atoms with van der Waals surface area (Å²) in [6.07, 6.45) is 4.90. The Morgan fingerprint density at radius 2 is 0.800 bits per heavy atom. The van der Waals surface area contributed by atoms with Crippen molar-refractivity contribution in [2.45, 2.75) is 56.7 Å². The molecule has 6 nitrogen and oxygen atoms in total. The molecule has 12 N–H and O–H groups in total. The number of hydrogen-bond donors (Lipinski definition) is 6. The molecule has 0 heterocycles. The highest BCUT2D eigenvalue weighted by Crippen LogP contribution is 2.16. The third kappa shape index (κ3) is 10.1. The highest BCUT2D eigenvalue weighted by molar-refractivity contribution is 5.85. The first-order valence-electron chi connectivity index (χ1n) is 8.97. The molecule has 3 unspecified atom stereocenters. The van der Waals surface area contributed by atoms with Crippen molar-refractivity contribution in [3.8, 4) is 0 Å². The summed E-state index contributed by atoms with van der Waals surface area (Å²) in [5.74, 6) is 0. The summed E-state index contributed by atoms with van der Waals surface area (Å²) in [7, 11) is 0. The number of benzene rings is 1. The second-order valence-corrected chi connectivity index (χ2v) is 6.78. The second-order valence-electron chi connectivity index (χ2n) is 6.78. The minimum absolute atomic E-state index is 0. The SMILES string of the molecule is Cl.NCCC(N)Cc1cc(CC(N)CCN)cc(CC(N)CCN)c1. The number of halogens is 1. The molecule has 0 spiro atoms. The van der Waals surface area contributed by atoms with E-state index in [4.69, 9.17) is 34.4 Å². The summed E-state index contributed by atoms with van der Waals surface area (Å²) in [6.45, 7) is 1.82. The van der Waals surface area contributed by atoms with Crippen LogP contribution in [0, 0.1) is 0 Å². The highest BCUT2D eigenvalue weighted by atomic mass is 35.5. The lowest BCUT2D eigenvalue weighted by atomic mass is 9.93. The topological polar surface area (TPSA) is 156 Å². The van der Waals surface area contributed by atoms with Gasteiger partial charge < -0.3 is 34.4 Å². The molecular formula is C18H37ClN6. The summed E-state index contributed by atoms with van der Waals surface area (Å²) >= 11 is 0. The summed E-state index contributed by atoms with van der Waals surface area (Å²) in [5, 5.41) is 0. The van der Waals surface area contributed by atoms with Crippen LogP contribution in [0.5, 0.6) is 0 Å². The predicted octanol–water partition coefficient (Wildman–Crippen LogP) is -0.236. The lowest BCUT2D eigenvalue weighted by Crippen LogP contribution is -2.28. The van der Waals surface area contributed by atoms with E-state index in [9.17, 15) is 0 Å². The Morgan fingerprint density at radius 1 is 0.560 bits per heavy atom. The third-order valence-electron chi connectivity index (χ3n) is 4.22. The molecule has 0 amide bonds. The lowest BCUT2D eigenvalue weighted by molar-refractivity contribution is 0.604. The van der Waals surface area contributed by atoms with Gasteiger partial charge in [0.05, 0.1) is 0 Å². The largest absolute Gasteiger partial charge is 0.330 e. The Kier molecular flexibility index (Phi) is 13.1. The van der Waals surface area contributed by atoms with E-state index < -0.39 is 0 Å². The molecule has 0 aromatic heterocycles. The van der Waals surface area contributed by atoms with Crippen LogP contribution in [0.25, 0.3) is 0 Å². The Hall–Kier alpha value is -0.730. The molecule has 3 atom stereocenters. The molecule has 0 aliphatic carbocycles. The molecule has 0 saturated carbocycles. The van der Waals surface area contributed by atoms with Crippen LogP contribution in [0.4, 0.5) is 0 Å². The highest BCUT2D eigenvalue weighted by Gasteiger charge is 2.11. The monoisotopic (exact) mass is 372 g/mol. The van der Waals surface area contributed by atoms with Crippen LogP contribution in [0.15, 0.2) is 18.2 Å². The summed E-state index contributed by atoms with van der Waals surface area (Å²) in [6, 6.07) is 6.83. The summed E-state index contributed by atoms with van der Waals surface area (Å²) in [4.78, 5) is 0. The molecule has 0 bridgehead atoms. The van der Waals surface area contributed by atoms with Gasteiger partial charge in [-0.1, -0.05) is 18.2 Å². The van der Waals surface area contributed by atoms with E-state index >= 15 is 0 Å². The zero-order valence-electron chi connectivity index (χ0n) is 15.2. The molecule has 0 radical (unpaired) electrons. The Bertz CT molecular complexity index is 392. The molecule has 0 aliphatic heterocycles. The number of nitrogens with two attached hydrogens (primary N) is 6. The van der Waals surface area contributed by atoms with Gasteiger partial charge in [-0.15, -0.1) is 12.4 Å². The minimum Gasteiger partial charge on any atom is -0.330 e. The average Bonchev–Trinajstić information content (AvgIpc) is 2.47. The smallest absolute Gasteiger partial charge is 0.00913 e. The maximum absolute atomic E-state index is 6.15.